The maximum absolute atomic E-state index is 12.2. The molecule has 2 rings (SSSR count). The third-order valence-corrected chi connectivity index (χ3v) is 3.99. The van der Waals surface area contributed by atoms with Crippen LogP contribution < -0.4 is 16.8 Å². The number of primary amides is 1. The average molecular weight is 282 g/mol. The Hall–Kier alpha value is -1.59. The predicted octanol–water partition coefficient (Wildman–Crippen LogP) is 1.51. The van der Waals surface area contributed by atoms with Crippen molar-refractivity contribution in [3.05, 3.63) is 28.8 Å². The van der Waals surface area contributed by atoms with Gasteiger partial charge in [-0.1, -0.05) is 18.0 Å². The van der Waals surface area contributed by atoms with Gasteiger partial charge in [-0.05, 0) is 31.0 Å². The molecule has 5 nitrogen and oxygen atoms in total. The fourth-order valence-corrected chi connectivity index (χ4v) is 2.46. The molecule has 102 valence electrons. The summed E-state index contributed by atoms with van der Waals surface area (Å²) in [7, 11) is 0. The highest BCUT2D eigenvalue weighted by Gasteiger charge is 2.42. The lowest BCUT2D eigenvalue weighted by Gasteiger charge is -2.39. The molecule has 0 bridgehead atoms. The molecular weight excluding hydrogens is 266 g/mol. The van der Waals surface area contributed by atoms with Crippen LogP contribution in [0.25, 0.3) is 0 Å². The van der Waals surface area contributed by atoms with E-state index < -0.39 is 11.3 Å². The lowest BCUT2D eigenvalue weighted by atomic mass is 9.68. The largest absolute Gasteiger partial charge is 0.366 e. The number of benzene rings is 1. The normalized spacial score (nSPS) is 16.5. The van der Waals surface area contributed by atoms with Crippen LogP contribution in [0, 0.1) is 5.41 Å². The van der Waals surface area contributed by atoms with E-state index in [0.717, 1.165) is 19.3 Å². The van der Waals surface area contributed by atoms with Crippen molar-refractivity contribution >= 4 is 29.1 Å². The van der Waals surface area contributed by atoms with Crippen LogP contribution in [-0.2, 0) is 4.79 Å². The summed E-state index contributed by atoms with van der Waals surface area (Å²) in [5.74, 6) is -0.690. The van der Waals surface area contributed by atoms with Crippen LogP contribution in [0.2, 0.25) is 5.02 Å². The lowest BCUT2D eigenvalue weighted by molar-refractivity contribution is -0.129. The van der Waals surface area contributed by atoms with Crippen molar-refractivity contribution < 1.29 is 9.59 Å². The molecule has 0 atom stereocenters. The molecule has 1 aliphatic carbocycles. The maximum atomic E-state index is 12.2. The van der Waals surface area contributed by atoms with E-state index in [-0.39, 0.29) is 16.5 Å². The zero-order chi connectivity index (χ0) is 14.0. The van der Waals surface area contributed by atoms with Gasteiger partial charge in [0.05, 0.1) is 16.0 Å². The molecule has 6 heteroatoms. The topological polar surface area (TPSA) is 98.2 Å². The number of carbonyl (C=O) groups is 2. The van der Waals surface area contributed by atoms with Crippen molar-refractivity contribution in [2.24, 2.45) is 16.9 Å². The van der Waals surface area contributed by atoms with Gasteiger partial charge in [0.2, 0.25) is 11.8 Å². The molecule has 1 saturated carbocycles. The van der Waals surface area contributed by atoms with Crippen molar-refractivity contribution in [2.45, 2.75) is 19.3 Å². The highest BCUT2D eigenvalue weighted by Crippen LogP contribution is 2.40. The summed E-state index contributed by atoms with van der Waals surface area (Å²) >= 11 is 5.93. The highest BCUT2D eigenvalue weighted by atomic mass is 35.5. The first-order valence-corrected chi connectivity index (χ1v) is 6.47. The van der Waals surface area contributed by atoms with E-state index in [4.69, 9.17) is 23.1 Å². The molecule has 2 amide bonds. The van der Waals surface area contributed by atoms with Crippen LogP contribution in [0.3, 0.4) is 0 Å². The van der Waals surface area contributed by atoms with Crippen LogP contribution in [0.4, 0.5) is 5.69 Å². The zero-order valence-electron chi connectivity index (χ0n) is 10.4. The number of amides is 2. The van der Waals surface area contributed by atoms with Gasteiger partial charge in [0, 0.05) is 12.2 Å². The summed E-state index contributed by atoms with van der Waals surface area (Å²) in [6, 6.07) is 4.62. The molecule has 1 aliphatic rings. The highest BCUT2D eigenvalue weighted by molar-refractivity contribution is 6.34. The monoisotopic (exact) mass is 281 g/mol. The molecule has 0 radical (unpaired) electrons. The van der Waals surface area contributed by atoms with E-state index in [9.17, 15) is 9.59 Å². The first kappa shape index (κ1) is 13.8. The van der Waals surface area contributed by atoms with Crippen molar-refractivity contribution in [1.29, 1.82) is 0 Å². The van der Waals surface area contributed by atoms with Crippen LogP contribution in [0.1, 0.15) is 29.6 Å². The number of rotatable bonds is 4. The molecular formula is C13H16ClN3O2. The number of nitrogens with one attached hydrogen (secondary N) is 1. The van der Waals surface area contributed by atoms with Gasteiger partial charge in [-0.2, -0.15) is 0 Å². The number of anilines is 1. The minimum atomic E-state index is -0.597. The molecule has 0 spiro atoms. The summed E-state index contributed by atoms with van der Waals surface area (Å²) < 4.78 is 0. The van der Waals surface area contributed by atoms with E-state index in [1.165, 1.54) is 12.1 Å². The first-order valence-electron chi connectivity index (χ1n) is 6.09. The summed E-state index contributed by atoms with van der Waals surface area (Å²) in [5, 5.41) is 3.01. The second-order valence-electron chi connectivity index (χ2n) is 4.85. The Morgan fingerprint density at radius 1 is 1.37 bits per heavy atom. The van der Waals surface area contributed by atoms with Crippen LogP contribution >= 0.6 is 11.6 Å². The standard InChI is InChI=1S/C13H16ClN3O2/c14-10-6-8(2-3-9(10)11(16)18)17-12(19)13(7-15)4-1-5-13/h2-3,6H,1,4-5,7,15H2,(H2,16,18)(H,17,19). The minimum Gasteiger partial charge on any atom is -0.366 e. The van der Waals surface area contributed by atoms with Crippen molar-refractivity contribution in [3.8, 4) is 0 Å². The van der Waals surface area contributed by atoms with E-state index in [0.29, 0.717) is 12.2 Å². The molecule has 5 N–H and O–H groups in total. The Balaban J connectivity index is 2.14. The predicted molar refractivity (Wildman–Crippen MR) is 73.9 cm³/mol. The fraction of sp³-hybridized carbons (Fsp3) is 0.385. The molecule has 1 aromatic carbocycles. The zero-order valence-corrected chi connectivity index (χ0v) is 11.2. The second kappa shape index (κ2) is 5.19. The van der Waals surface area contributed by atoms with Crippen molar-refractivity contribution in [3.63, 3.8) is 0 Å². The van der Waals surface area contributed by atoms with Gasteiger partial charge in [-0.3, -0.25) is 9.59 Å². The second-order valence-corrected chi connectivity index (χ2v) is 5.26. The summed E-state index contributed by atoms with van der Waals surface area (Å²) in [6.45, 7) is 0.339. The maximum Gasteiger partial charge on any atom is 0.250 e. The number of carbonyl (C=O) groups excluding carboxylic acids is 2. The number of nitrogens with two attached hydrogens (primary N) is 2. The molecule has 0 heterocycles. The Labute approximate surface area is 116 Å². The van der Waals surface area contributed by atoms with E-state index in [1.807, 2.05) is 0 Å². The Morgan fingerprint density at radius 2 is 2.05 bits per heavy atom. The first-order chi connectivity index (χ1) is 8.98. The third-order valence-electron chi connectivity index (χ3n) is 3.68. The van der Waals surface area contributed by atoms with Crippen LogP contribution in [0.15, 0.2) is 18.2 Å². The lowest BCUT2D eigenvalue weighted by Crippen LogP contribution is -2.47. The summed E-state index contributed by atoms with van der Waals surface area (Å²) in [6.07, 6.45) is 2.64. The molecule has 0 unspecified atom stereocenters. The molecule has 1 aromatic rings. The van der Waals surface area contributed by atoms with E-state index in [1.54, 1.807) is 6.07 Å². The van der Waals surface area contributed by atoms with Gasteiger partial charge in [-0.25, -0.2) is 0 Å². The van der Waals surface area contributed by atoms with Crippen molar-refractivity contribution in [2.75, 3.05) is 11.9 Å². The Kier molecular flexibility index (Phi) is 3.78. The molecule has 0 aliphatic heterocycles. The number of hydrogen-bond donors (Lipinski definition) is 3. The van der Waals surface area contributed by atoms with Gasteiger partial charge in [-0.15, -0.1) is 0 Å². The van der Waals surface area contributed by atoms with Crippen LogP contribution in [-0.4, -0.2) is 18.4 Å². The Bertz CT molecular complexity index is 521. The molecule has 0 aromatic heterocycles. The minimum absolute atomic E-state index is 0.0934. The molecule has 0 saturated heterocycles. The SMILES string of the molecule is NCC1(C(=O)Nc2ccc(C(N)=O)c(Cl)c2)CCC1. The fourth-order valence-electron chi connectivity index (χ4n) is 2.18. The number of hydrogen-bond acceptors (Lipinski definition) is 3. The molecule has 1 fully saturated rings. The van der Waals surface area contributed by atoms with E-state index in [2.05, 4.69) is 5.32 Å². The van der Waals surface area contributed by atoms with E-state index >= 15 is 0 Å². The quantitative estimate of drug-likeness (QED) is 0.780. The number of halogens is 1. The van der Waals surface area contributed by atoms with Crippen LogP contribution in [0.5, 0.6) is 0 Å². The van der Waals surface area contributed by atoms with Gasteiger partial charge in [0.1, 0.15) is 0 Å². The summed E-state index contributed by atoms with van der Waals surface area (Å²) in [5.41, 5.74) is 11.2. The average Bonchev–Trinajstić information content (AvgIpc) is 2.27. The van der Waals surface area contributed by atoms with Crippen molar-refractivity contribution in [1.82, 2.24) is 0 Å². The van der Waals surface area contributed by atoms with Gasteiger partial charge in [0.15, 0.2) is 0 Å². The molecule has 19 heavy (non-hydrogen) atoms. The Morgan fingerprint density at radius 3 is 2.47 bits per heavy atom. The van der Waals surface area contributed by atoms with Gasteiger partial charge >= 0.3 is 0 Å². The smallest absolute Gasteiger partial charge is 0.250 e. The summed E-state index contributed by atoms with van der Waals surface area (Å²) in [4.78, 5) is 23.2. The van der Waals surface area contributed by atoms with Gasteiger partial charge in [0.25, 0.3) is 0 Å². The third kappa shape index (κ3) is 2.57. The van der Waals surface area contributed by atoms with Gasteiger partial charge < -0.3 is 16.8 Å².